The fourth-order valence-electron chi connectivity index (χ4n) is 3.46. The highest BCUT2D eigenvalue weighted by atomic mass is 15.3. The molecule has 1 aliphatic carbocycles. The molecule has 0 unspecified atom stereocenters. The normalized spacial score (nSPS) is 21.6. The highest BCUT2D eigenvalue weighted by Crippen LogP contribution is 2.23. The van der Waals surface area contributed by atoms with E-state index in [1.165, 1.54) is 38.5 Å². The first-order chi connectivity index (χ1) is 10.7. The molecule has 1 aromatic rings. The monoisotopic (exact) mass is 303 g/mol. The summed E-state index contributed by atoms with van der Waals surface area (Å²) < 4.78 is 0. The third-order valence-electron chi connectivity index (χ3n) is 4.86. The van der Waals surface area contributed by atoms with Gasteiger partial charge < -0.3 is 15.1 Å². The second-order valence-corrected chi connectivity index (χ2v) is 6.78. The molecular formula is C17H29N5. The number of likely N-dealkylation sites (N-methyl/N-ethyl adjacent to an activating group) is 1. The number of hydrogen-bond acceptors (Lipinski definition) is 5. The highest BCUT2D eigenvalue weighted by molar-refractivity contribution is 5.50. The van der Waals surface area contributed by atoms with E-state index in [0.717, 1.165) is 43.6 Å². The molecule has 2 aliphatic rings. The van der Waals surface area contributed by atoms with E-state index in [0.29, 0.717) is 6.04 Å². The average Bonchev–Trinajstić information content (AvgIpc) is 2.76. The molecule has 0 aromatic carbocycles. The van der Waals surface area contributed by atoms with E-state index in [4.69, 9.17) is 0 Å². The first kappa shape index (κ1) is 15.5. The SMILES string of the molecule is Cc1nc(NC2CCCCCC2)cc(N2CCN(C)CC2)n1. The van der Waals surface area contributed by atoms with E-state index in [1.807, 2.05) is 6.92 Å². The van der Waals surface area contributed by atoms with Gasteiger partial charge in [-0.1, -0.05) is 25.7 Å². The minimum atomic E-state index is 0.581. The van der Waals surface area contributed by atoms with E-state index >= 15 is 0 Å². The fourth-order valence-corrected chi connectivity index (χ4v) is 3.46. The lowest BCUT2D eigenvalue weighted by atomic mass is 10.1. The zero-order valence-corrected chi connectivity index (χ0v) is 14.0. The number of aromatic nitrogens is 2. The van der Waals surface area contributed by atoms with E-state index in [-0.39, 0.29) is 0 Å². The number of nitrogens with one attached hydrogen (secondary N) is 1. The minimum Gasteiger partial charge on any atom is -0.367 e. The Morgan fingerprint density at radius 3 is 2.36 bits per heavy atom. The minimum absolute atomic E-state index is 0.581. The average molecular weight is 303 g/mol. The van der Waals surface area contributed by atoms with Crippen molar-refractivity contribution in [3.8, 4) is 0 Å². The van der Waals surface area contributed by atoms with Gasteiger partial charge >= 0.3 is 0 Å². The van der Waals surface area contributed by atoms with E-state index in [9.17, 15) is 0 Å². The molecule has 1 aromatic heterocycles. The molecule has 22 heavy (non-hydrogen) atoms. The Labute approximate surface area is 134 Å². The molecule has 1 aliphatic heterocycles. The largest absolute Gasteiger partial charge is 0.367 e. The predicted octanol–water partition coefficient (Wildman–Crippen LogP) is 2.67. The molecule has 0 atom stereocenters. The van der Waals surface area contributed by atoms with Gasteiger partial charge in [-0.2, -0.15) is 0 Å². The van der Waals surface area contributed by atoms with Gasteiger partial charge in [-0.25, -0.2) is 9.97 Å². The lowest BCUT2D eigenvalue weighted by molar-refractivity contribution is 0.312. The van der Waals surface area contributed by atoms with Crippen LogP contribution in [0, 0.1) is 6.92 Å². The van der Waals surface area contributed by atoms with Crippen LogP contribution in [0.4, 0.5) is 11.6 Å². The number of piperazine rings is 1. The Balaban J connectivity index is 1.69. The molecule has 2 fully saturated rings. The van der Waals surface area contributed by atoms with Crippen molar-refractivity contribution in [1.29, 1.82) is 0 Å². The van der Waals surface area contributed by atoms with Crippen LogP contribution in [0.1, 0.15) is 44.3 Å². The van der Waals surface area contributed by atoms with Crippen LogP contribution in [-0.2, 0) is 0 Å². The maximum atomic E-state index is 4.65. The van der Waals surface area contributed by atoms with Crippen LogP contribution in [0.25, 0.3) is 0 Å². The molecule has 1 N–H and O–H groups in total. The Morgan fingerprint density at radius 1 is 1.00 bits per heavy atom. The zero-order valence-electron chi connectivity index (χ0n) is 14.0. The summed E-state index contributed by atoms with van der Waals surface area (Å²) in [5.41, 5.74) is 0. The van der Waals surface area contributed by atoms with Gasteiger partial charge in [-0.05, 0) is 26.8 Å². The summed E-state index contributed by atoms with van der Waals surface area (Å²) in [6.45, 7) is 6.31. The van der Waals surface area contributed by atoms with Crippen LogP contribution in [0.3, 0.4) is 0 Å². The number of hydrogen-bond donors (Lipinski definition) is 1. The van der Waals surface area contributed by atoms with Crippen molar-refractivity contribution >= 4 is 11.6 Å². The Morgan fingerprint density at radius 2 is 1.68 bits per heavy atom. The molecule has 3 rings (SSSR count). The van der Waals surface area contributed by atoms with Crippen molar-refractivity contribution in [1.82, 2.24) is 14.9 Å². The summed E-state index contributed by atoms with van der Waals surface area (Å²) in [6.07, 6.45) is 7.99. The van der Waals surface area contributed by atoms with Crippen molar-refractivity contribution in [2.24, 2.45) is 0 Å². The van der Waals surface area contributed by atoms with Crippen LogP contribution in [0.15, 0.2) is 6.07 Å². The molecule has 5 nitrogen and oxygen atoms in total. The molecule has 1 saturated carbocycles. The standard InChI is InChI=1S/C17H29N5/c1-14-18-16(20-15-7-5-3-4-6-8-15)13-17(19-14)22-11-9-21(2)10-12-22/h13,15H,3-12H2,1-2H3,(H,18,19,20). The Bertz CT molecular complexity index is 474. The van der Waals surface area contributed by atoms with Crippen molar-refractivity contribution in [3.05, 3.63) is 11.9 Å². The second kappa shape index (κ2) is 7.27. The van der Waals surface area contributed by atoms with Gasteiger partial charge in [0.15, 0.2) is 0 Å². The second-order valence-electron chi connectivity index (χ2n) is 6.78. The van der Waals surface area contributed by atoms with Crippen molar-refractivity contribution < 1.29 is 0 Å². The first-order valence-corrected chi connectivity index (χ1v) is 8.76. The van der Waals surface area contributed by atoms with Crippen LogP contribution >= 0.6 is 0 Å². The topological polar surface area (TPSA) is 44.3 Å². The Kier molecular flexibility index (Phi) is 5.13. The molecule has 0 bridgehead atoms. The molecule has 2 heterocycles. The smallest absolute Gasteiger partial charge is 0.134 e. The Hall–Kier alpha value is -1.36. The summed E-state index contributed by atoms with van der Waals surface area (Å²) in [5.74, 6) is 2.96. The molecule has 122 valence electrons. The van der Waals surface area contributed by atoms with Gasteiger partial charge in [0.1, 0.15) is 17.5 Å². The summed E-state index contributed by atoms with van der Waals surface area (Å²) >= 11 is 0. The summed E-state index contributed by atoms with van der Waals surface area (Å²) in [7, 11) is 2.18. The summed E-state index contributed by atoms with van der Waals surface area (Å²) in [5, 5.41) is 3.66. The molecule has 0 amide bonds. The number of rotatable bonds is 3. The van der Waals surface area contributed by atoms with Gasteiger partial charge in [0.25, 0.3) is 0 Å². The lowest BCUT2D eigenvalue weighted by Crippen LogP contribution is -2.44. The molecular weight excluding hydrogens is 274 g/mol. The zero-order chi connectivity index (χ0) is 15.4. The summed E-state index contributed by atoms with van der Waals surface area (Å²) in [4.78, 5) is 14.0. The third-order valence-corrected chi connectivity index (χ3v) is 4.86. The van der Waals surface area contributed by atoms with Crippen molar-refractivity contribution in [2.45, 2.75) is 51.5 Å². The highest BCUT2D eigenvalue weighted by Gasteiger charge is 2.18. The van der Waals surface area contributed by atoms with Crippen molar-refractivity contribution in [3.63, 3.8) is 0 Å². The van der Waals surface area contributed by atoms with Crippen LogP contribution < -0.4 is 10.2 Å². The van der Waals surface area contributed by atoms with Crippen LogP contribution in [-0.4, -0.2) is 54.1 Å². The predicted molar refractivity (Wildman–Crippen MR) is 91.6 cm³/mol. The van der Waals surface area contributed by atoms with Crippen molar-refractivity contribution in [2.75, 3.05) is 43.4 Å². The molecule has 5 heteroatoms. The fraction of sp³-hybridized carbons (Fsp3) is 0.765. The van der Waals surface area contributed by atoms with Gasteiger partial charge in [0, 0.05) is 38.3 Å². The van der Waals surface area contributed by atoms with Crippen LogP contribution in [0.5, 0.6) is 0 Å². The van der Waals surface area contributed by atoms with Gasteiger partial charge in [0.05, 0.1) is 0 Å². The van der Waals surface area contributed by atoms with Gasteiger partial charge in [-0.15, -0.1) is 0 Å². The molecule has 0 spiro atoms. The quantitative estimate of drug-likeness (QED) is 0.870. The first-order valence-electron chi connectivity index (χ1n) is 8.76. The van der Waals surface area contributed by atoms with E-state index < -0.39 is 0 Å². The number of nitrogens with zero attached hydrogens (tertiary/aromatic N) is 4. The van der Waals surface area contributed by atoms with Gasteiger partial charge in [-0.3, -0.25) is 0 Å². The lowest BCUT2D eigenvalue weighted by Gasteiger charge is -2.33. The van der Waals surface area contributed by atoms with Gasteiger partial charge in [0.2, 0.25) is 0 Å². The third kappa shape index (κ3) is 4.09. The number of aryl methyl sites for hydroxylation is 1. The summed E-state index contributed by atoms with van der Waals surface area (Å²) in [6, 6.07) is 2.72. The van der Waals surface area contributed by atoms with E-state index in [2.05, 4.69) is 38.2 Å². The van der Waals surface area contributed by atoms with E-state index in [1.54, 1.807) is 0 Å². The maximum Gasteiger partial charge on any atom is 0.134 e. The molecule has 0 radical (unpaired) electrons. The molecule has 1 saturated heterocycles. The maximum absolute atomic E-state index is 4.65. The number of anilines is 2. The van der Waals surface area contributed by atoms with Crippen LogP contribution in [0.2, 0.25) is 0 Å².